The van der Waals surface area contributed by atoms with Crippen molar-refractivity contribution >= 4 is 44.6 Å². The van der Waals surface area contributed by atoms with E-state index >= 15 is 0 Å². The van der Waals surface area contributed by atoms with Gasteiger partial charge in [-0.25, -0.2) is 0 Å². The van der Waals surface area contributed by atoms with E-state index in [2.05, 4.69) is 21.2 Å². The second-order valence-corrected chi connectivity index (χ2v) is 4.92. The van der Waals surface area contributed by atoms with E-state index in [9.17, 15) is 0 Å². The van der Waals surface area contributed by atoms with Crippen molar-refractivity contribution < 1.29 is 4.74 Å². The Labute approximate surface area is 119 Å². The van der Waals surface area contributed by atoms with Crippen molar-refractivity contribution in [2.24, 2.45) is 0 Å². The van der Waals surface area contributed by atoms with Crippen LogP contribution in [0, 0.1) is 0 Å². The number of nitrogen functional groups attached to an aromatic ring is 1. The van der Waals surface area contributed by atoms with Gasteiger partial charge in [0.1, 0.15) is 5.75 Å². The SMILES string of the molecule is COc1cc(N)cc(Nc2cccc(Cl)c2Br)c1. The lowest BCUT2D eigenvalue weighted by Gasteiger charge is -2.11. The Morgan fingerprint density at radius 2 is 2.06 bits per heavy atom. The molecule has 0 amide bonds. The summed E-state index contributed by atoms with van der Waals surface area (Å²) in [6.07, 6.45) is 0. The highest BCUT2D eigenvalue weighted by molar-refractivity contribution is 9.10. The molecule has 0 aliphatic carbocycles. The number of rotatable bonds is 3. The minimum absolute atomic E-state index is 0.634. The molecule has 0 saturated heterocycles. The number of halogens is 2. The van der Waals surface area contributed by atoms with Gasteiger partial charge in [-0.1, -0.05) is 17.7 Å². The predicted octanol–water partition coefficient (Wildman–Crippen LogP) is 4.44. The lowest BCUT2D eigenvalue weighted by molar-refractivity contribution is 0.415. The van der Waals surface area contributed by atoms with Crippen LogP contribution in [0.5, 0.6) is 5.75 Å². The van der Waals surface area contributed by atoms with Gasteiger partial charge in [0.05, 0.1) is 22.3 Å². The second kappa shape index (κ2) is 5.50. The topological polar surface area (TPSA) is 47.3 Å². The van der Waals surface area contributed by atoms with Crippen LogP contribution in [0.4, 0.5) is 17.1 Å². The lowest BCUT2D eigenvalue weighted by atomic mass is 10.2. The predicted molar refractivity (Wildman–Crippen MR) is 79.8 cm³/mol. The summed E-state index contributed by atoms with van der Waals surface area (Å²) in [7, 11) is 1.61. The monoisotopic (exact) mass is 326 g/mol. The minimum Gasteiger partial charge on any atom is -0.497 e. The number of benzene rings is 2. The quantitative estimate of drug-likeness (QED) is 0.819. The van der Waals surface area contributed by atoms with Crippen molar-refractivity contribution in [3.8, 4) is 5.75 Å². The fourth-order valence-corrected chi connectivity index (χ4v) is 2.11. The molecule has 2 rings (SSSR count). The Kier molecular flexibility index (Phi) is 3.99. The van der Waals surface area contributed by atoms with Gasteiger partial charge < -0.3 is 15.8 Å². The molecule has 3 nitrogen and oxygen atoms in total. The molecule has 94 valence electrons. The molecule has 0 aliphatic rings. The van der Waals surface area contributed by atoms with Crippen molar-refractivity contribution in [1.29, 1.82) is 0 Å². The van der Waals surface area contributed by atoms with Crippen molar-refractivity contribution in [1.82, 2.24) is 0 Å². The van der Waals surface area contributed by atoms with E-state index in [0.29, 0.717) is 16.5 Å². The number of hydrogen-bond donors (Lipinski definition) is 2. The zero-order valence-electron chi connectivity index (χ0n) is 9.71. The molecule has 0 heterocycles. The Balaban J connectivity index is 2.34. The fraction of sp³-hybridized carbons (Fsp3) is 0.0769. The molecule has 0 atom stereocenters. The zero-order chi connectivity index (χ0) is 13.1. The summed E-state index contributed by atoms with van der Waals surface area (Å²) in [5.41, 5.74) is 8.15. The molecule has 0 bridgehead atoms. The highest BCUT2D eigenvalue weighted by Crippen LogP contribution is 2.33. The van der Waals surface area contributed by atoms with E-state index in [1.807, 2.05) is 30.3 Å². The van der Waals surface area contributed by atoms with E-state index < -0.39 is 0 Å². The maximum absolute atomic E-state index is 6.03. The smallest absolute Gasteiger partial charge is 0.122 e. The van der Waals surface area contributed by atoms with Crippen LogP contribution in [0.1, 0.15) is 0 Å². The maximum Gasteiger partial charge on any atom is 0.122 e. The normalized spacial score (nSPS) is 10.2. The summed E-state index contributed by atoms with van der Waals surface area (Å²) in [6, 6.07) is 11.1. The number of anilines is 3. The van der Waals surface area contributed by atoms with Crippen LogP contribution in [-0.4, -0.2) is 7.11 Å². The van der Waals surface area contributed by atoms with Crippen LogP contribution in [0.25, 0.3) is 0 Å². The molecule has 3 N–H and O–H groups in total. The van der Waals surface area contributed by atoms with Crippen LogP contribution in [-0.2, 0) is 0 Å². The first-order valence-electron chi connectivity index (χ1n) is 5.26. The average Bonchev–Trinajstić information content (AvgIpc) is 2.34. The Bertz CT molecular complexity index is 575. The van der Waals surface area contributed by atoms with Crippen LogP contribution in [0.3, 0.4) is 0 Å². The van der Waals surface area contributed by atoms with Gasteiger partial charge in [-0.05, 0) is 34.1 Å². The first kappa shape index (κ1) is 13.1. The molecule has 0 radical (unpaired) electrons. The number of hydrogen-bond acceptors (Lipinski definition) is 3. The third-order valence-corrected chi connectivity index (χ3v) is 3.79. The van der Waals surface area contributed by atoms with Crippen LogP contribution in [0.15, 0.2) is 40.9 Å². The summed E-state index contributed by atoms with van der Waals surface area (Å²) in [6.45, 7) is 0. The van der Waals surface area contributed by atoms with E-state index in [0.717, 1.165) is 15.8 Å². The maximum atomic E-state index is 6.03. The second-order valence-electron chi connectivity index (χ2n) is 3.72. The lowest BCUT2D eigenvalue weighted by Crippen LogP contribution is -1.95. The van der Waals surface area contributed by atoms with Crippen LogP contribution in [0.2, 0.25) is 5.02 Å². The minimum atomic E-state index is 0.634. The van der Waals surface area contributed by atoms with Crippen molar-refractivity contribution in [2.75, 3.05) is 18.2 Å². The highest BCUT2D eigenvalue weighted by Gasteiger charge is 2.05. The summed E-state index contributed by atoms with van der Waals surface area (Å²) in [5, 5.41) is 3.89. The molecule has 0 aliphatic heterocycles. The Hall–Kier alpha value is -1.39. The summed E-state index contributed by atoms with van der Waals surface area (Å²) in [4.78, 5) is 0. The summed E-state index contributed by atoms with van der Waals surface area (Å²) < 4.78 is 5.98. The molecular weight excluding hydrogens is 316 g/mol. The standard InChI is InChI=1S/C13H12BrClN2O/c1-18-10-6-8(16)5-9(7-10)17-12-4-2-3-11(15)13(12)14/h2-7,17H,16H2,1H3. The molecule has 0 unspecified atom stereocenters. The number of nitrogens with two attached hydrogens (primary N) is 1. The van der Waals surface area contributed by atoms with Gasteiger partial charge >= 0.3 is 0 Å². The Morgan fingerprint density at radius 3 is 2.78 bits per heavy atom. The van der Waals surface area contributed by atoms with Gasteiger partial charge in [-0.2, -0.15) is 0 Å². The van der Waals surface area contributed by atoms with E-state index in [-0.39, 0.29) is 0 Å². The number of methoxy groups -OCH3 is 1. The largest absolute Gasteiger partial charge is 0.497 e. The van der Waals surface area contributed by atoms with E-state index in [1.165, 1.54) is 0 Å². The van der Waals surface area contributed by atoms with Gasteiger partial charge in [0.2, 0.25) is 0 Å². The van der Waals surface area contributed by atoms with Gasteiger partial charge in [-0.3, -0.25) is 0 Å². The van der Waals surface area contributed by atoms with Gasteiger partial charge in [0.15, 0.2) is 0 Å². The number of ether oxygens (including phenoxy) is 1. The van der Waals surface area contributed by atoms with Gasteiger partial charge in [-0.15, -0.1) is 0 Å². The van der Waals surface area contributed by atoms with Crippen LogP contribution < -0.4 is 15.8 Å². The summed E-state index contributed by atoms with van der Waals surface area (Å²) in [5.74, 6) is 0.704. The van der Waals surface area contributed by atoms with Crippen molar-refractivity contribution in [3.63, 3.8) is 0 Å². The fourth-order valence-electron chi connectivity index (χ4n) is 1.57. The zero-order valence-corrected chi connectivity index (χ0v) is 12.0. The first-order valence-corrected chi connectivity index (χ1v) is 6.43. The number of nitrogens with one attached hydrogen (secondary N) is 1. The molecule has 18 heavy (non-hydrogen) atoms. The van der Waals surface area contributed by atoms with E-state index in [4.69, 9.17) is 22.1 Å². The van der Waals surface area contributed by atoms with E-state index in [1.54, 1.807) is 13.2 Å². The van der Waals surface area contributed by atoms with Crippen LogP contribution >= 0.6 is 27.5 Å². The molecular formula is C13H12BrClN2O. The first-order chi connectivity index (χ1) is 8.60. The molecule has 2 aromatic rings. The highest BCUT2D eigenvalue weighted by atomic mass is 79.9. The van der Waals surface area contributed by atoms with Gasteiger partial charge in [0, 0.05) is 23.5 Å². The molecule has 2 aromatic carbocycles. The summed E-state index contributed by atoms with van der Waals surface area (Å²) >= 11 is 9.47. The van der Waals surface area contributed by atoms with Crippen molar-refractivity contribution in [2.45, 2.75) is 0 Å². The van der Waals surface area contributed by atoms with Gasteiger partial charge in [0.25, 0.3) is 0 Å². The molecule has 0 aromatic heterocycles. The molecule has 5 heteroatoms. The molecule has 0 spiro atoms. The molecule has 0 saturated carbocycles. The molecule has 0 fully saturated rings. The Morgan fingerprint density at radius 1 is 1.28 bits per heavy atom. The van der Waals surface area contributed by atoms with Crippen molar-refractivity contribution in [3.05, 3.63) is 45.9 Å². The average molecular weight is 328 g/mol. The third kappa shape index (κ3) is 2.89. The third-order valence-electron chi connectivity index (χ3n) is 2.40.